The Hall–Kier alpha value is -2.10. The molecule has 3 nitrogen and oxygen atoms in total. The lowest BCUT2D eigenvalue weighted by Gasteiger charge is -2.19. The first-order chi connectivity index (χ1) is 13.0. The van der Waals surface area contributed by atoms with E-state index in [0.29, 0.717) is 26.9 Å². The van der Waals surface area contributed by atoms with Gasteiger partial charge < -0.3 is 4.74 Å². The maximum absolute atomic E-state index is 12.3. The average molecular weight is 403 g/mol. The Bertz CT molecular complexity index is 830. The van der Waals surface area contributed by atoms with E-state index in [2.05, 4.69) is 0 Å². The molecule has 5 heteroatoms. The van der Waals surface area contributed by atoms with E-state index in [9.17, 15) is 9.59 Å². The van der Waals surface area contributed by atoms with Crippen molar-refractivity contribution in [3.8, 4) is 5.75 Å². The van der Waals surface area contributed by atoms with E-state index < -0.39 is 0 Å². The molecule has 3 rings (SSSR count). The van der Waals surface area contributed by atoms with Gasteiger partial charge in [-0.3, -0.25) is 9.59 Å². The zero-order valence-corrected chi connectivity index (χ0v) is 16.3. The lowest BCUT2D eigenvalue weighted by molar-refractivity contribution is -0.139. The predicted octanol–water partition coefficient (Wildman–Crippen LogP) is 6.38. The van der Waals surface area contributed by atoms with E-state index in [0.717, 1.165) is 25.7 Å². The van der Waals surface area contributed by atoms with E-state index in [4.69, 9.17) is 27.9 Å². The summed E-state index contributed by atoms with van der Waals surface area (Å²) in [5, 5.41) is 0.966. The Morgan fingerprint density at radius 2 is 1.56 bits per heavy atom. The number of allylic oxidation sites excluding steroid dienone is 1. The summed E-state index contributed by atoms with van der Waals surface area (Å²) in [5.41, 5.74) is 1.10. The Kier molecular flexibility index (Phi) is 6.70. The summed E-state index contributed by atoms with van der Waals surface area (Å²) in [5.74, 6) is 0.0850. The molecule has 0 bridgehead atoms. The minimum absolute atomic E-state index is 0.0108. The highest BCUT2D eigenvalue weighted by molar-refractivity contribution is 6.37. The van der Waals surface area contributed by atoms with Gasteiger partial charge in [-0.05, 0) is 61.4 Å². The van der Waals surface area contributed by atoms with Gasteiger partial charge in [0.15, 0.2) is 5.78 Å². The van der Waals surface area contributed by atoms with Gasteiger partial charge in [0, 0.05) is 21.2 Å². The third kappa shape index (κ3) is 5.21. The Balaban J connectivity index is 1.63. The van der Waals surface area contributed by atoms with Crippen LogP contribution < -0.4 is 4.74 Å². The van der Waals surface area contributed by atoms with Crippen LogP contribution in [0.1, 0.15) is 48.0 Å². The zero-order chi connectivity index (χ0) is 19.2. The van der Waals surface area contributed by atoms with Crippen molar-refractivity contribution in [1.29, 1.82) is 0 Å². The van der Waals surface area contributed by atoms with Crippen LogP contribution in [0.25, 0.3) is 6.08 Å². The van der Waals surface area contributed by atoms with Crippen LogP contribution in [-0.2, 0) is 4.79 Å². The van der Waals surface area contributed by atoms with Crippen molar-refractivity contribution in [3.05, 3.63) is 69.7 Å². The van der Waals surface area contributed by atoms with Crippen LogP contribution in [0.4, 0.5) is 0 Å². The zero-order valence-electron chi connectivity index (χ0n) is 14.8. The average Bonchev–Trinajstić information content (AvgIpc) is 2.68. The van der Waals surface area contributed by atoms with Gasteiger partial charge in [-0.25, -0.2) is 0 Å². The molecule has 1 saturated carbocycles. The third-order valence-corrected chi connectivity index (χ3v) is 5.36. The van der Waals surface area contributed by atoms with Gasteiger partial charge in [0.1, 0.15) is 5.75 Å². The van der Waals surface area contributed by atoms with E-state index in [1.165, 1.54) is 12.5 Å². The fourth-order valence-electron chi connectivity index (χ4n) is 3.15. The summed E-state index contributed by atoms with van der Waals surface area (Å²) < 4.78 is 5.45. The smallest absolute Gasteiger partial charge is 0.314 e. The summed E-state index contributed by atoms with van der Waals surface area (Å²) in [7, 11) is 0. The lowest BCUT2D eigenvalue weighted by atomic mass is 9.89. The number of rotatable bonds is 5. The molecule has 140 valence electrons. The number of carbonyl (C=O) groups excluding carboxylic acids is 2. The highest BCUT2D eigenvalue weighted by atomic mass is 35.5. The van der Waals surface area contributed by atoms with Gasteiger partial charge >= 0.3 is 5.97 Å². The van der Waals surface area contributed by atoms with Crippen LogP contribution in [0.2, 0.25) is 10.0 Å². The van der Waals surface area contributed by atoms with Gasteiger partial charge in [-0.15, -0.1) is 0 Å². The van der Waals surface area contributed by atoms with Gasteiger partial charge in [0.05, 0.1) is 5.92 Å². The quantitative estimate of drug-likeness (QED) is 0.252. The number of ether oxygens (including phenoxy) is 1. The number of esters is 1. The minimum Gasteiger partial charge on any atom is -0.426 e. The van der Waals surface area contributed by atoms with E-state index in [1.807, 2.05) is 0 Å². The number of hydrogen-bond donors (Lipinski definition) is 0. The van der Waals surface area contributed by atoms with Gasteiger partial charge in [-0.2, -0.15) is 0 Å². The first-order valence-corrected chi connectivity index (χ1v) is 9.78. The normalized spacial score (nSPS) is 15.0. The molecule has 0 saturated heterocycles. The number of hydrogen-bond acceptors (Lipinski definition) is 3. The van der Waals surface area contributed by atoms with Crippen LogP contribution in [0, 0.1) is 5.92 Å². The second-order valence-corrected chi connectivity index (χ2v) is 7.43. The lowest BCUT2D eigenvalue weighted by Crippen LogP contribution is -2.22. The van der Waals surface area contributed by atoms with Crippen LogP contribution in [0.15, 0.2) is 48.5 Å². The van der Waals surface area contributed by atoms with Crippen molar-refractivity contribution in [2.75, 3.05) is 0 Å². The molecule has 0 aromatic heterocycles. The highest BCUT2D eigenvalue weighted by Crippen LogP contribution is 2.27. The van der Waals surface area contributed by atoms with Crippen LogP contribution >= 0.6 is 23.2 Å². The second-order valence-electron chi connectivity index (χ2n) is 6.61. The SMILES string of the molecule is O=C(C=Cc1c(Cl)cccc1Cl)c1ccc(OC(=O)C2CCCCC2)cc1. The molecule has 0 aliphatic heterocycles. The van der Waals surface area contributed by atoms with Crippen molar-refractivity contribution in [2.45, 2.75) is 32.1 Å². The Labute approximate surface area is 168 Å². The maximum atomic E-state index is 12.3. The molecule has 2 aromatic carbocycles. The molecule has 0 amide bonds. The summed E-state index contributed by atoms with van der Waals surface area (Å²) in [6.45, 7) is 0. The molecule has 0 radical (unpaired) electrons. The molecule has 0 N–H and O–H groups in total. The molecule has 1 aliphatic rings. The van der Waals surface area contributed by atoms with E-state index in [1.54, 1.807) is 48.5 Å². The molecule has 27 heavy (non-hydrogen) atoms. The molecule has 2 aromatic rings. The van der Waals surface area contributed by atoms with Gasteiger partial charge in [0.25, 0.3) is 0 Å². The molecule has 1 aliphatic carbocycles. The molecule has 0 spiro atoms. The van der Waals surface area contributed by atoms with E-state index >= 15 is 0 Å². The van der Waals surface area contributed by atoms with Crippen molar-refractivity contribution < 1.29 is 14.3 Å². The first kappa shape index (κ1) is 19.7. The van der Waals surface area contributed by atoms with Crippen molar-refractivity contribution in [3.63, 3.8) is 0 Å². The maximum Gasteiger partial charge on any atom is 0.314 e. The first-order valence-electron chi connectivity index (χ1n) is 9.03. The summed E-state index contributed by atoms with van der Waals surface area (Å²) in [6.07, 6.45) is 8.16. The summed E-state index contributed by atoms with van der Waals surface area (Å²) >= 11 is 12.2. The standard InChI is InChI=1S/C22H20Cl2O3/c23-19-7-4-8-20(24)18(19)13-14-21(25)15-9-11-17(12-10-15)27-22(26)16-5-2-1-3-6-16/h4,7-14,16H,1-3,5-6H2. The van der Waals surface area contributed by atoms with Crippen molar-refractivity contribution >= 4 is 41.0 Å². The van der Waals surface area contributed by atoms with Crippen molar-refractivity contribution in [1.82, 2.24) is 0 Å². The Morgan fingerprint density at radius 1 is 0.926 bits per heavy atom. The number of benzene rings is 2. The molecule has 0 unspecified atom stereocenters. The third-order valence-electron chi connectivity index (χ3n) is 4.70. The highest BCUT2D eigenvalue weighted by Gasteiger charge is 2.22. The molecular weight excluding hydrogens is 383 g/mol. The molecule has 1 fully saturated rings. The van der Waals surface area contributed by atoms with Crippen molar-refractivity contribution in [2.24, 2.45) is 5.92 Å². The van der Waals surface area contributed by atoms with Gasteiger partial charge in [-0.1, -0.05) is 48.5 Å². The molecule has 0 heterocycles. The van der Waals surface area contributed by atoms with Crippen LogP contribution in [-0.4, -0.2) is 11.8 Å². The van der Waals surface area contributed by atoms with Gasteiger partial charge in [0.2, 0.25) is 0 Å². The topological polar surface area (TPSA) is 43.4 Å². The molecular formula is C22H20Cl2O3. The fraction of sp³-hybridized carbons (Fsp3) is 0.273. The summed E-state index contributed by atoms with van der Waals surface area (Å²) in [6, 6.07) is 11.8. The fourth-order valence-corrected chi connectivity index (χ4v) is 3.67. The van der Waals surface area contributed by atoms with E-state index in [-0.39, 0.29) is 17.7 Å². The molecule has 0 atom stereocenters. The monoisotopic (exact) mass is 402 g/mol. The van der Waals surface area contributed by atoms with Crippen LogP contribution in [0.3, 0.4) is 0 Å². The number of carbonyl (C=O) groups is 2. The minimum atomic E-state index is -0.184. The predicted molar refractivity (Wildman–Crippen MR) is 108 cm³/mol. The summed E-state index contributed by atoms with van der Waals surface area (Å²) in [4.78, 5) is 24.5. The Morgan fingerprint density at radius 3 is 2.19 bits per heavy atom. The largest absolute Gasteiger partial charge is 0.426 e. The number of halogens is 2. The second kappa shape index (κ2) is 9.20. The van der Waals surface area contributed by atoms with Crippen LogP contribution in [0.5, 0.6) is 5.75 Å². The number of ketones is 1.